The van der Waals surface area contributed by atoms with Crippen molar-refractivity contribution in [3.05, 3.63) is 75.1 Å². The van der Waals surface area contributed by atoms with Crippen molar-refractivity contribution in [3.63, 3.8) is 0 Å². The lowest BCUT2D eigenvalue weighted by Crippen LogP contribution is -2.42. The van der Waals surface area contributed by atoms with Crippen LogP contribution in [0, 0.1) is 5.92 Å². The van der Waals surface area contributed by atoms with E-state index in [2.05, 4.69) is 20.5 Å². The largest absolute Gasteiger partial charge is 0.493 e. The van der Waals surface area contributed by atoms with E-state index in [1.165, 1.54) is 4.57 Å². The van der Waals surface area contributed by atoms with E-state index in [0.29, 0.717) is 41.1 Å². The number of ketones is 2. The smallest absolute Gasteiger partial charge is 0.348 e. The van der Waals surface area contributed by atoms with Crippen LogP contribution in [0.15, 0.2) is 51.2 Å². The molecule has 8 nitrogen and oxygen atoms in total. The number of ether oxygens (including phenoxy) is 2. The topological polar surface area (TPSA) is 91.9 Å². The van der Waals surface area contributed by atoms with Crippen LogP contribution in [0.3, 0.4) is 0 Å². The summed E-state index contributed by atoms with van der Waals surface area (Å²) in [6.07, 6.45) is 0.898. The molecule has 9 heteroatoms. The zero-order chi connectivity index (χ0) is 24.0. The molecule has 1 aliphatic heterocycles. The molecule has 1 aliphatic carbocycles. The van der Waals surface area contributed by atoms with Crippen LogP contribution in [0.1, 0.15) is 32.7 Å². The summed E-state index contributed by atoms with van der Waals surface area (Å²) in [5.74, 6) is 0.0873. The molecule has 0 unspecified atom stereocenters. The summed E-state index contributed by atoms with van der Waals surface area (Å²) in [6.45, 7) is 0.710. The Kier molecular flexibility index (Phi) is 5.76. The number of rotatable bonds is 5. The molecule has 0 amide bonds. The minimum atomic E-state index is -0.778. The summed E-state index contributed by atoms with van der Waals surface area (Å²) in [5.41, 5.74) is 3.84. The van der Waals surface area contributed by atoms with Crippen LogP contribution in [0.4, 0.5) is 0 Å². The molecule has 0 atom stereocenters. The van der Waals surface area contributed by atoms with E-state index >= 15 is 0 Å². The fourth-order valence-corrected chi connectivity index (χ4v) is 5.12. The third-order valence-electron chi connectivity index (χ3n) is 6.65. The molecule has 0 bridgehead atoms. The lowest BCUT2D eigenvalue weighted by Gasteiger charge is -2.25. The average Bonchev–Trinajstić information content (AvgIpc) is 3.11. The lowest BCUT2D eigenvalue weighted by molar-refractivity contribution is 0.0826. The molecule has 0 saturated carbocycles. The molecule has 0 spiro atoms. The number of hydrogen-bond acceptors (Lipinski definition) is 6. The molecule has 3 aromatic rings. The second-order valence-corrected chi connectivity index (χ2v) is 8.59. The lowest BCUT2D eigenvalue weighted by atomic mass is 9.96. The van der Waals surface area contributed by atoms with E-state index in [4.69, 9.17) is 9.47 Å². The van der Waals surface area contributed by atoms with Crippen LogP contribution < -0.4 is 20.7 Å². The number of hydrogen-bond donors (Lipinski definition) is 0. The van der Waals surface area contributed by atoms with Gasteiger partial charge in [0.2, 0.25) is 0 Å². The Balaban J connectivity index is 1.52. The van der Waals surface area contributed by atoms with E-state index in [-0.39, 0.29) is 30.2 Å². The van der Waals surface area contributed by atoms with Crippen LogP contribution in [0.2, 0.25) is 0 Å². The van der Waals surface area contributed by atoms with Gasteiger partial charge in [-0.1, -0.05) is 24.3 Å². The van der Waals surface area contributed by atoms with E-state index in [1.54, 1.807) is 43.1 Å². The quantitative estimate of drug-likeness (QED) is 0.419. The van der Waals surface area contributed by atoms with Gasteiger partial charge in [-0.3, -0.25) is 18.7 Å². The minimum Gasteiger partial charge on any atom is -0.493 e. The van der Waals surface area contributed by atoms with Crippen LogP contribution in [0.25, 0.3) is 11.3 Å². The van der Waals surface area contributed by atoms with Crippen molar-refractivity contribution < 1.29 is 19.1 Å². The molecule has 2 radical (unpaired) electrons. The van der Waals surface area contributed by atoms with Gasteiger partial charge in [-0.05, 0) is 30.5 Å². The summed E-state index contributed by atoms with van der Waals surface area (Å²) in [5, 5.41) is 0. The van der Waals surface area contributed by atoms with Crippen molar-refractivity contribution in [2.24, 2.45) is 9.89 Å². The van der Waals surface area contributed by atoms with Crippen molar-refractivity contribution in [2.45, 2.75) is 25.9 Å². The van der Waals surface area contributed by atoms with E-state index in [1.807, 2.05) is 18.2 Å². The van der Waals surface area contributed by atoms with Gasteiger partial charge in [-0.25, -0.2) is 4.79 Å². The van der Waals surface area contributed by atoms with Crippen molar-refractivity contribution >= 4 is 28.1 Å². The Morgan fingerprint density at radius 2 is 1.62 bits per heavy atom. The molecule has 170 valence electrons. The standard InChI is InChI=1S/C25H22N3O5.Al/c1-32-20-11-14-7-9-27-19(18(14)12-21(20)33-2)13-22(26)28(25(27)31)10-8-17-23(29)15-5-3-4-6-16(15)24(17)30;/h3-6,11-13,17H,7-10H2,1-2H3;/q-1;+1. The predicted molar refractivity (Wildman–Crippen MR) is 125 cm³/mol. The second kappa shape index (κ2) is 8.75. The monoisotopic (exact) mass is 471 g/mol. The number of methoxy groups -OCH3 is 2. The van der Waals surface area contributed by atoms with Gasteiger partial charge in [0, 0.05) is 35.8 Å². The first kappa shape index (κ1) is 22.4. The van der Waals surface area contributed by atoms with Crippen LogP contribution in [0.5, 0.6) is 11.5 Å². The Labute approximate surface area is 204 Å². The van der Waals surface area contributed by atoms with E-state index in [9.17, 15) is 14.4 Å². The molecule has 2 aliphatic rings. The van der Waals surface area contributed by atoms with Crippen molar-refractivity contribution in [2.75, 3.05) is 14.2 Å². The highest BCUT2D eigenvalue weighted by molar-refractivity contribution is 6.26. The van der Waals surface area contributed by atoms with Gasteiger partial charge in [0.05, 0.1) is 25.8 Å². The molecule has 34 heavy (non-hydrogen) atoms. The van der Waals surface area contributed by atoms with Crippen molar-refractivity contribution in [1.29, 1.82) is 0 Å². The van der Waals surface area contributed by atoms with Gasteiger partial charge < -0.3 is 13.4 Å². The molecule has 1 aromatic heterocycles. The molecule has 0 N–H and O–H groups in total. The highest BCUT2D eigenvalue weighted by atomic mass is 27.1. The van der Waals surface area contributed by atoms with Gasteiger partial charge in [-0.2, -0.15) is 0 Å². The van der Waals surface area contributed by atoms with Gasteiger partial charge in [0.1, 0.15) is 5.49 Å². The van der Waals surface area contributed by atoms with Gasteiger partial charge in [0.25, 0.3) is 0 Å². The van der Waals surface area contributed by atoms with E-state index < -0.39 is 5.92 Å². The van der Waals surface area contributed by atoms with Crippen molar-refractivity contribution in [3.8, 4) is 22.8 Å². The Hall–Kier alpha value is -3.41. The first-order chi connectivity index (χ1) is 16.5. The Morgan fingerprint density at radius 3 is 2.24 bits per heavy atom. The number of carbonyl (C=O) groups is 2. The first-order valence-corrected chi connectivity index (χ1v) is 11.5. The number of aromatic nitrogens is 2. The number of aryl methyl sites for hydroxylation is 1. The maximum absolute atomic E-state index is 13.5. The fraction of sp³-hybridized carbons (Fsp3) is 0.280. The molecule has 2 heterocycles. The summed E-state index contributed by atoms with van der Waals surface area (Å²) >= 11 is 2.30. The molecular formula is C25H22AlN3O5. The number of Topliss-reactive ketones (excluding diaryl/α,β-unsaturated/α-hetero) is 2. The highest BCUT2D eigenvalue weighted by Crippen LogP contribution is 2.37. The minimum absolute atomic E-state index is 0.182. The van der Waals surface area contributed by atoms with Crippen molar-refractivity contribution in [1.82, 2.24) is 9.13 Å². The summed E-state index contributed by atoms with van der Waals surface area (Å²) in [6, 6.07) is 12.5. The SMILES string of the molecule is COc1cc2c(cc1OC)-c1c/c(=[N]\[Al])n(CCC3C(=O)c4ccccc4C3=O)c(=O)n1CC2. The average molecular weight is 471 g/mol. The van der Waals surface area contributed by atoms with E-state index in [0.717, 1.165) is 16.8 Å². The molecule has 5 rings (SSSR count). The van der Waals surface area contributed by atoms with Gasteiger partial charge >= 0.3 is 22.2 Å². The summed E-state index contributed by atoms with van der Waals surface area (Å²) < 4.78 is 18.4. The summed E-state index contributed by atoms with van der Waals surface area (Å²) in [7, 11) is 3.17. The van der Waals surface area contributed by atoms with Crippen LogP contribution >= 0.6 is 0 Å². The number of carbonyl (C=O) groups excluding carboxylic acids is 2. The molecular weight excluding hydrogens is 449 g/mol. The maximum Gasteiger partial charge on any atom is 0.348 e. The Bertz CT molecular complexity index is 1440. The van der Waals surface area contributed by atoms with Gasteiger partial charge in [-0.15, -0.1) is 0 Å². The third-order valence-corrected chi connectivity index (χ3v) is 6.91. The summed E-state index contributed by atoms with van der Waals surface area (Å²) in [4.78, 5) is 39.1. The maximum atomic E-state index is 13.5. The van der Waals surface area contributed by atoms with Crippen LogP contribution in [-0.2, 0) is 19.5 Å². The molecule has 0 saturated heterocycles. The first-order valence-electron chi connectivity index (χ1n) is 11.0. The molecule has 2 aromatic carbocycles. The third kappa shape index (κ3) is 3.44. The Morgan fingerprint density at radius 1 is 0.971 bits per heavy atom. The number of fused-ring (bicyclic) bond motifs is 4. The second-order valence-electron chi connectivity index (χ2n) is 8.33. The normalized spacial score (nSPS) is 15.2. The fourth-order valence-electron chi connectivity index (χ4n) is 4.91. The molecule has 0 fully saturated rings. The van der Waals surface area contributed by atoms with Gasteiger partial charge in [0.15, 0.2) is 23.1 Å². The number of benzene rings is 2. The zero-order valence-electron chi connectivity index (χ0n) is 18.9. The number of nitrogens with zero attached hydrogens (tertiary/aromatic N) is 3. The predicted octanol–water partition coefficient (Wildman–Crippen LogP) is 1.96. The zero-order valence-corrected chi connectivity index (χ0v) is 20.1. The van der Waals surface area contributed by atoms with Crippen LogP contribution in [-0.4, -0.2) is 51.4 Å². The highest BCUT2D eigenvalue weighted by Gasteiger charge is 2.37.